The van der Waals surface area contributed by atoms with Gasteiger partial charge >= 0.3 is 0 Å². The topological polar surface area (TPSA) is 49.4 Å². The fraction of sp³-hybridized carbons (Fsp3) is 0.800. The standard InChI is InChI=1S/C10H16N2O2/c13-9-5-3-6-10(14)12(9)8-4-1-2-7-11-8/h8,11H,1-7H2. The van der Waals surface area contributed by atoms with Crippen LogP contribution in [0.15, 0.2) is 0 Å². The molecular formula is C10H16N2O2. The van der Waals surface area contributed by atoms with E-state index in [0.29, 0.717) is 12.8 Å². The number of hydrogen-bond acceptors (Lipinski definition) is 3. The first-order valence-corrected chi connectivity index (χ1v) is 5.37. The van der Waals surface area contributed by atoms with Gasteiger partial charge in [0, 0.05) is 12.8 Å². The van der Waals surface area contributed by atoms with Gasteiger partial charge in [-0.1, -0.05) is 0 Å². The maximum absolute atomic E-state index is 11.6. The number of piperidine rings is 2. The molecule has 4 heteroatoms. The van der Waals surface area contributed by atoms with E-state index in [9.17, 15) is 9.59 Å². The van der Waals surface area contributed by atoms with Gasteiger partial charge in [0.1, 0.15) is 0 Å². The number of rotatable bonds is 1. The number of nitrogens with zero attached hydrogens (tertiary/aromatic N) is 1. The van der Waals surface area contributed by atoms with Crippen LogP contribution in [-0.4, -0.2) is 29.4 Å². The van der Waals surface area contributed by atoms with Gasteiger partial charge in [0.15, 0.2) is 0 Å². The Labute approximate surface area is 83.6 Å². The molecule has 4 nitrogen and oxygen atoms in total. The molecule has 0 bridgehead atoms. The van der Waals surface area contributed by atoms with Crippen LogP contribution in [0.1, 0.15) is 38.5 Å². The van der Waals surface area contributed by atoms with Crippen LogP contribution >= 0.6 is 0 Å². The second kappa shape index (κ2) is 4.09. The van der Waals surface area contributed by atoms with Gasteiger partial charge in [0.25, 0.3) is 0 Å². The first kappa shape index (κ1) is 9.65. The highest BCUT2D eigenvalue weighted by atomic mass is 16.2. The molecule has 78 valence electrons. The molecule has 2 fully saturated rings. The van der Waals surface area contributed by atoms with Crippen LogP contribution in [0, 0.1) is 0 Å². The number of likely N-dealkylation sites (tertiary alicyclic amines) is 1. The van der Waals surface area contributed by atoms with E-state index in [1.165, 1.54) is 4.90 Å². The van der Waals surface area contributed by atoms with Crippen molar-refractivity contribution in [1.29, 1.82) is 0 Å². The molecule has 0 aliphatic carbocycles. The Balaban J connectivity index is 2.05. The molecule has 2 aliphatic heterocycles. The summed E-state index contributed by atoms with van der Waals surface area (Å²) in [4.78, 5) is 24.6. The summed E-state index contributed by atoms with van der Waals surface area (Å²) >= 11 is 0. The number of amides is 2. The minimum absolute atomic E-state index is 0.000602. The fourth-order valence-corrected chi connectivity index (χ4v) is 2.17. The van der Waals surface area contributed by atoms with Gasteiger partial charge in [-0.05, 0) is 32.2 Å². The highest BCUT2D eigenvalue weighted by Crippen LogP contribution is 2.19. The monoisotopic (exact) mass is 196 g/mol. The molecule has 2 rings (SSSR count). The van der Waals surface area contributed by atoms with Crippen molar-refractivity contribution in [2.75, 3.05) is 6.54 Å². The molecular weight excluding hydrogens is 180 g/mol. The van der Waals surface area contributed by atoms with E-state index in [0.717, 1.165) is 32.2 Å². The van der Waals surface area contributed by atoms with Crippen LogP contribution in [0.4, 0.5) is 0 Å². The summed E-state index contributed by atoms with van der Waals surface area (Å²) < 4.78 is 0. The van der Waals surface area contributed by atoms with Crippen LogP contribution in [0.3, 0.4) is 0 Å². The van der Waals surface area contributed by atoms with Gasteiger partial charge in [0.2, 0.25) is 11.8 Å². The van der Waals surface area contributed by atoms with Gasteiger partial charge in [-0.3, -0.25) is 19.8 Å². The Hall–Kier alpha value is -0.900. The lowest BCUT2D eigenvalue weighted by Crippen LogP contribution is -2.54. The fourth-order valence-electron chi connectivity index (χ4n) is 2.17. The Morgan fingerprint density at radius 1 is 1.07 bits per heavy atom. The van der Waals surface area contributed by atoms with E-state index in [1.54, 1.807) is 0 Å². The SMILES string of the molecule is O=C1CCCC(=O)N1C1CCCCN1. The van der Waals surface area contributed by atoms with Crippen LogP contribution in [-0.2, 0) is 9.59 Å². The predicted octanol–water partition coefficient (Wildman–Crippen LogP) is 0.625. The minimum atomic E-state index is -0.0240. The van der Waals surface area contributed by atoms with E-state index < -0.39 is 0 Å². The molecule has 0 aromatic carbocycles. The minimum Gasteiger partial charge on any atom is -0.297 e. The van der Waals surface area contributed by atoms with Gasteiger partial charge in [0.05, 0.1) is 6.17 Å². The predicted molar refractivity (Wildman–Crippen MR) is 51.3 cm³/mol. The van der Waals surface area contributed by atoms with Crippen molar-refractivity contribution in [2.45, 2.75) is 44.7 Å². The Kier molecular flexibility index (Phi) is 2.82. The lowest BCUT2D eigenvalue weighted by molar-refractivity contribution is -0.152. The van der Waals surface area contributed by atoms with Gasteiger partial charge in [-0.25, -0.2) is 0 Å². The third kappa shape index (κ3) is 1.80. The lowest BCUT2D eigenvalue weighted by Gasteiger charge is -2.35. The number of carbonyl (C=O) groups is 2. The second-order valence-electron chi connectivity index (χ2n) is 3.98. The molecule has 0 spiro atoms. The van der Waals surface area contributed by atoms with E-state index >= 15 is 0 Å². The summed E-state index contributed by atoms with van der Waals surface area (Å²) in [6.07, 6.45) is 4.93. The van der Waals surface area contributed by atoms with Crippen LogP contribution < -0.4 is 5.32 Å². The average molecular weight is 196 g/mol. The zero-order valence-electron chi connectivity index (χ0n) is 8.29. The summed E-state index contributed by atoms with van der Waals surface area (Å²) in [5, 5.41) is 3.23. The summed E-state index contributed by atoms with van der Waals surface area (Å²) in [6, 6.07) is 0. The molecule has 14 heavy (non-hydrogen) atoms. The van der Waals surface area contributed by atoms with Crippen molar-refractivity contribution >= 4 is 11.8 Å². The van der Waals surface area contributed by atoms with Crippen LogP contribution in [0.5, 0.6) is 0 Å². The normalized spacial score (nSPS) is 29.4. The van der Waals surface area contributed by atoms with Crippen molar-refractivity contribution in [3.63, 3.8) is 0 Å². The van der Waals surface area contributed by atoms with Crippen molar-refractivity contribution < 1.29 is 9.59 Å². The molecule has 2 heterocycles. The van der Waals surface area contributed by atoms with Gasteiger partial charge < -0.3 is 0 Å². The van der Waals surface area contributed by atoms with Crippen molar-refractivity contribution in [1.82, 2.24) is 10.2 Å². The van der Waals surface area contributed by atoms with Crippen molar-refractivity contribution in [3.05, 3.63) is 0 Å². The molecule has 1 N–H and O–H groups in total. The van der Waals surface area contributed by atoms with E-state index in [-0.39, 0.29) is 18.0 Å². The summed E-state index contributed by atoms with van der Waals surface area (Å²) in [6.45, 7) is 0.918. The molecule has 2 aliphatic rings. The zero-order chi connectivity index (χ0) is 9.97. The summed E-state index contributed by atoms with van der Waals surface area (Å²) in [5.74, 6) is 0.00120. The first-order valence-electron chi connectivity index (χ1n) is 5.37. The van der Waals surface area contributed by atoms with Gasteiger partial charge in [-0.2, -0.15) is 0 Å². The van der Waals surface area contributed by atoms with Crippen molar-refractivity contribution in [2.24, 2.45) is 0 Å². The highest BCUT2D eigenvalue weighted by molar-refractivity contribution is 5.97. The average Bonchev–Trinajstić information content (AvgIpc) is 2.19. The van der Waals surface area contributed by atoms with E-state index in [4.69, 9.17) is 0 Å². The molecule has 0 aromatic heterocycles. The van der Waals surface area contributed by atoms with E-state index in [1.807, 2.05) is 0 Å². The molecule has 0 radical (unpaired) electrons. The highest BCUT2D eigenvalue weighted by Gasteiger charge is 2.32. The largest absolute Gasteiger partial charge is 0.297 e. The quantitative estimate of drug-likeness (QED) is 0.626. The number of nitrogens with one attached hydrogen (secondary N) is 1. The number of imide groups is 1. The van der Waals surface area contributed by atoms with Crippen LogP contribution in [0.25, 0.3) is 0 Å². The van der Waals surface area contributed by atoms with Crippen molar-refractivity contribution in [3.8, 4) is 0 Å². The second-order valence-corrected chi connectivity index (χ2v) is 3.98. The number of carbonyl (C=O) groups excluding carboxylic acids is 2. The smallest absolute Gasteiger partial charge is 0.230 e. The van der Waals surface area contributed by atoms with E-state index in [2.05, 4.69) is 5.32 Å². The zero-order valence-corrected chi connectivity index (χ0v) is 8.29. The third-order valence-electron chi connectivity index (χ3n) is 2.91. The number of hydrogen-bond donors (Lipinski definition) is 1. The molecule has 0 aromatic rings. The Morgan fingerprint density at radius 3 is 2.36 bits per heavy atom. The molecule has 2 amide bonds. The Morgan fingerprint density at radius 2 is 1.79 bits per heavy atom. The molecule has 2 saturated heterocycles. The molecule has 1 atom stereocenters. The maximum Gasteiger partial charge on any atom is 0.230 e. The summed E-state index contributed by atoms with van der Waals surface area (Å²) in [5.41, 5.74) is 0. The van der Waals surface area contributed by atoms with Gasteiger partial charge in [-0.15, -0.1) is 0 Å². The maximum atomic E-state index is 11.6. The Bertz CT molecular complexity index is 231. The first-order chi connectivity index (χ1) is 6.79. The molecule has 0 saturated carbocycles. The lowest BCUT2D eigenvalue weighted by atomic mass is 10.0. The van der Waals surface area contributed by atoms with Crippen LogP contribution in [0.2, 0.25) is 0 Å². The summed E-state index contributed by atoms with van der Waals surface area (Å²) in [7, 11) is 0. The molecule has 1 unspecified atom stereocenters. The third-order valence-corrected chi connectivity index (χ3v) is 2.91.